The van der Waals surface area contributed by atoms with Gasteiger partial charge in [0, 0.05) is 31.2 Å². The lowest BCUT2D eigenvalue weighted by molar-refractivity contribution is -0.215. The predicted molar refractivity (Wildman–Crippen MR) is 151 cm³/mol. The van der Waals surface area contributed by atoms with E-state index in [1.54, 1.807) is 27.7 Å². The van der Waals surface area contributed by atoms with Gasteiger partial charge in [-0.3, -0.25) is 14.3 Å². The van der Waals surface area contributed by atoms with Gasteiger partial charge in [-0.1, -0.05) is 0 Å². The highest BCUT2D eigenvalue weighted by atomic mass is 19.3. The Labute approximate surface area is 247 Å². The molecule has 3 heterocycles. The molecule has 3 aromatic heterocycles. The van der Waals surface area contributed by atoms with Crippen LogP contribution in [-0.4, -0.2) is 47.8 Å². The molecule has 0 saturated heterocycles. The average Bonchev–Trinajstić information content (AvgIpc) is 3.50. The van der Waals surface area contributed by atoms with E-state index in [0.29, 0.717) is 61.5 Å². The number of hydrogen-bond donors (Lipinski definition) is 2. The molecule has 5 aliphatic carbocycles. The van der Waals surface area contributed by atoms with E-state index in [1.165, 1.54) is 0 Å². The Balaban J connectivity index is 1.19. The normalized spacial score (nSPS) is 27.9. The predicted octanol–water partition coefficient (Wildman–Crippen LogP) is 5.41. The van der Waals surface area contributed by atoms with Gasteiger partial charge < -0.3 is 11.1 Å². The zero-order valence-electron chi connectivity index (χ0n) is 24.5. The molecule has 0 aliphatic heterocycles. The first kappa shape index (κ1) is 28.3. The Morgan fingerprint density at radius 2 is 1.74 bits per heavy atom. The van der Waals surface area contributed by atoms with Crippen LogP contribution in [0.2, 0.25) is 0 Å². The van der Waals surface area contributed by atoms with Crippen LogP contribution in [0.1, 0.15) is 123 Å². The van der Waals surface area contributed by atoms with Gasteiger partial charge in [0.05, 0.1) is 29.8 Å². The van der Waals surface area contributed by atoms with E-state index in [4.69, 9.17) is 15.8 Å². The number of carbonyl (C=O) groups excluding carboxylic acids is 2. The molecule has 0 spiro atoms. The Morgan fingerprint density at radius 3 is 2.33 bits per heavy atom. The molecule has 9 nitrogen and oxygen atoms in total. The number of aromatic nitrogens is 5. The second-order valence-corrected chi connectivity index (χ2v) is 14.0. The molecule has 3 N–H and O–H groups in total. The molecule has 5 aliphatic rings. The molecule has 0 aromatic carbocycles. The van der Waals surface area contributed by atoms with E-state index < -0.39 is 23.4 Å². The van der Waals surface area contributed by atoms with Gasteiger partial charge in [0.25, 0.3) is 5.91 Å². The number of alkyl halides is 3. The molecule has 2 atom stereocenters. The zero-order chi connectivity index (χ0) is 30.3. The minimum absolute atomic E-state index is 0.0530. The molecule has 2 bridgehead atoms. The molecular weight excluding hydrogens is 559 g/mol. The first-order chi connectivity index (χ1) is 20.3. The lowest BCUT2D eigenvalue weighted by Gasteiger charge is -2.65. The second kappa shape index (κ2) is 9.79. The van der Waals surface area contributed by atoms with Crippen LogP contribution in [0, 0.1) is 17.3 Å². The summed E-state index contributed by atoms with van der Waals surface area (Å²) < 4.78 is 45.5. The first-order valence-corrected chi connectivity index (χ1v) is 15.4. The molecule has 5 saturated carbocycles. The Bertz CT molecular complexity index is 1560. The molecule has 5 fully saturated rings. The molecule has 8 rings (SSSR count). The van der Waals surface area contributed by atoms with Crippen molar-refractivity contribution >= 4 is 17.5 Å². The number of nitrogens with zero attached hydrogens (tertiary/aromatic N) is 5. The number of nitrogens with one attached hydrogen (secondary N) is 1. The van der Waals surface area contributed by atoms with Crippen LogP contribution in [0.3, 0.4) is 0 Å². The minimum atomic E-state index is -2.69. The summed E-state index contributed by atoms with van der Waals surface area (Å²) in [5, 5.41) is 12.6. The molecule has 3 aromatic rings. The molecule has 43 heavy (non-hydrogen) atoms. The fraction of sp³-hybridized carbons (Fsp3) is 0.645. The summed E-state index contributed by atoms with van der Waals surface area (Å²) in [6.45, 7) is 3.80. The van der Waals surface area contributed by atoms with E-state index in [0.717, 1.165) is 18.4 Å². The number of nitrogens with two attached hydrogens (primary N) is 1. The molecular formula is C31H38F3N7O2. The van der Waals surface area contributed by atoms with Crippen LogP contribution in [0.4, 0.5) is 13.2 Å². The number of rotatable bonds is 10. The van der Waals surface area contributed by atoms with E-state index in [-0.39, 0.29) is 47.9 Å². The van der Waals surface area contributed by atoms with Gasteiger partial charge in [-0.05, 0) is 93.7 Å². The van der Waals surface area contributed by atoms with Gasteiger partial charge in [-0.15, -0.1) is 0 Å². The van der Waals surface area contributed by atoms with Gasteiger partial charge >= 0.3 is 0 Å². The maximum absolute atomic E-state index is 14.2. The number of hydrogen-bond acceptors (Lipinski definition) is 5. The van der Waals surface area contributed by atoms with Gasteiger partial charge in [-0.2, -0.15) is 10.2 Å². The Kier molecular flexibility index (Phi) is 6.45. The number of carbonyl (C=O) groups is 2. The first-order valence-electron chi connectivity index (χ1n) is 15.4. The quantitative estimate of drug-likeness (QED) is 0.324. The molecule has 0 radical (unpaired) electrons. The van der Waals surface area contributed by atoms with Crippen LogP contribution in [0.25, 0.3) is 5.65 Å². The standard InChI is InChI=1S/C31H38F3N7O2/c1-17(2)41-23(28(35)43)10-21(39-41)26(18-5-7-31(33,34)8-6-18)22-13-40-24(37-22)9-20(12-36-40)27(19-3-4-19)38-25(42)11-29-14-30(32,15-29)16-29/h9-10,12-13,17-19,26-27H,3-8,11,14-16H2,1-2H3,(H2,35,43)(H,38,42)/t26-,27-,29?,30?/m1/s1. The number of primary amides is 1. The van der Waals surface area contributed by atoms with E-state index in [9.17, 15) is 22.8 Å². The lowest BCUT2D eigenvalue weighted by atomic mass is 9.41. The van der Waals surface area contributed by atoms with E-state index in [2.05, 4.69) is 10.4 Å². The van der Waals surface area contributed by atoms with Gasteiger partial charge in [0.15, 0.2) is 5.65 Å². The third kappa shape index (κ3) is 5.20. The van der Waals surface area contributed by atoms with Crippen molar-refractivity contribution in [1.29, 1.82) is 0 Å². The highest BCUT2D eigenvalue weighted by molar-refractivity contribution is 5.91. The van der Waals surface area contributed by atoms with E-state index >= 15 is 0 Å². The summed E-state index contributed by atoms with van der Waals surface area (Å²) in [4.78, 5) is 30.1. The van der Waals surface area contributed by atoms with Crippen LogP contribution in [-0.2, 0) is 4.79 Å². The molecule has 12 heteroatoms. The van der Waals surface area contributed by atoms with E-state index in [1.807, 2.05) is 19.9 Å². The smallest absolute Gasteiger partial charge is 0.266 e. The van der Waals surface area contributed by atoms with Crippen LogP contribution in [0.15, 0.2) is 24.5 Å². The van der Waals surface area contributed by atoms with Crippen molar-refractivity contribution in [3.8, 4) is 0 Å². The van der Waals surface area contributed by atoms with Gasteiger partial charge in [0.1, 0.15) is 11.4 Å². The highest BCUT2D eigenvalue weighted by Crippen LogP contribution is 2.71. The number of halogens is 3. The van der Waals surface area contributed by atoms with Crippen molar-refractivity contribution in [2.45, 2.75) is 108 Å². The molecule has 2 amide bonds. The average molecular weight is 598 g/mol. The molecule has 0 unspecified atom stereocenters. The van der Waals surface area contributed by atoms with Crippen molar-refractivity contribution in [2.75, 3.05) is 0 Å². The summed E-state index contributed by atoms with van der Waals surface area (Å²) >= 11 is 0. The fourth-order valence-corrected chi connectivity index (χ4v) is 7.92. The van der Waals surface area contributed by atoms with Crippen molar-refractivity contribution in [3.63, 3.8) is 0 Å². The van der Waals surface area contributed by atoms with Crippen molar-refractivity contribution in [3.05, 3.63) is 47.2 Å². The monoisotopic (exact) mass is 597 g/mol. The van der Waals surface area contributed by atoms with Crippen molar-refractivity contribution in [1.82, 2.24) is 29.7 Å². The van der Waals surface area contributed by atoms with Crippen LogP contribution < -0.4 is 11.1 Å². The largest absolute Gasteiger partial charge is 0.364 e. The highest BCUT2D eigenvalue weighted by Gasteiger charge is 2.69. The summed E-state index contributed by atoms with van der Waals surface area (Å²) in [6.07, 6.45) is 7.53. The van der Waals surface area contributed by atoms with Gasteiger partial charge in [0.2, 0.25) is 11.8 Å². The molecule has 230 valence electrons. The number of amides is 2. The topological polar surface area (TPSA) is 120 Å². The maximum Gasteiger partial charge on any atom is 0.266 e. The SMILES string of the molecule is CC(C)n1nc([C@H](c2cn3ncc([C@H](NC(=O)CC45CC(F)(C4)C5)C4CC4)cc3n2)C2CCC(F)(F)CC2)cc1C(N)=O. The summed E-state index contributed by atoms with van der Waals surface area (Å²) in [7, 11) is 0. The Hall–Kier alpha value is -3.44. The summed E-state index contributed by atoms with van der Waals surface area (Å²) in [6, 6.07) is 3.26. The minimum Gasteiger partial charge on any atom is -0.364 e. The number of fused-ring (bicyclic) bond motifs is 1. The lowest BCUT2D eigenvalue weighted by Crippen LogP contribution is -2.65. The van der Waals surface area contributed by atoms with Crippen LogP contribution in [0.5, 0.6) is 0 Å². The number of imidazole rings is 1. The van der Waals surface area contributed by atoms with Crippen molar-refractivity contribution in [2.24, 2.45) is 23.0 Å². The van der Waals surface area contributed by atoms with Gasteiger partial charge in [-0.25, -0.2) is 22.7 Å². The maximum atomic E-state index is 14.2. The Morgan fingerprint density at radius 1 is 1.05 bits per heavy atom. The third-order valence-electron chi connectivity index (χ3n) is 10.1. The van der Waals surface area contributed by atoms with Crippen LogP contribution >= 0.6 is 0 Å². The third-order valence-corrected chi connectivity index (χ3v) is 10.1. The zero-order valence-corrected chi connectivity index (χ0v) is 24.5. The van der Waals surface area contributed by atoms with Crippen molar-refractivity contribution < 1.29 is 22.8 Å². The second-order valence-electron chi connectivity index (χ2n) is 14.0. The summed E-state index contributed by atoms with van der Waals surface area (Å²) in [5.74, 6) is -3.62. The fourth-order valence-electron chi connectivity index (χ4n) is 7.92. The summed E-state index contributed by atoms with van der Waals surface area (Å²) in [5.41, 5.74) is 7.39.